The minimum absolute atomic E-state index is 0.277. The molecule has 1 aliphatic heterocycles. The molecule has 8 nitrogen and oxygen atoms in total. The first kappa shape index (κ1) is 19.0. The maximum atomic E-state index is 14.1. The second-order valence-electron chi connectivity index (χ2n) is 6.92. The Bertz CT molecular complexity index is 1060. The van der Waals surface area contributed by atoms with Crippen LogP contribution in [-0.2, 0) is 10.7 Å². The molecule has 29 heavy (non-hydrogen) atoms. The summed E-state index contributed by atoms with van der Waals surface area (Å²) in [6, 6.07) is 5.13. The van der Waals surface area contributed by atoms with Gasteiger partial charge in [0.1, 0.15) is 17.5 Å². The number of fused-ring (bicyclic) bond motifs is 1. The fraction of sp³-hybridized carbons (Fsp3) is 0.368. The van der Waals surface area contributed by atoms with Crippen LogP contribution >= 0.6 is 0 Å². The van der Waals surface area contributed by atoms with Crippen LogP contribution in [0, 0.1) is 0 Å². The molecular weight excluding hydrogens is 382 g/mol. The third kappa shape index (κ3) is 3.82. The highest BCUT2D eigenvalue weighted by molar-refractivity contribution is 5.88. The topological polar surface area (TPSA) is 85.2 Å². The molecule has 1 saturated heterocycles. The number of aromatic nitrogens is 4. The molecule has 3 aromatic rings. The summed E-state index contributed by atoms with van der Waals surface area (Å²) in [5.41, 5.74) is 0.655. The van der Waals surface area contributed by atoms with E-state index < -0.39 is 17.8 Å². The van der Waals surface area contributed by atoms with Crippen LogP contribution in [0.2, 0.25) is 0 Å². The van der Waals surface area contributed by atoms with Crippen LogP contribution in [0.1, 0.15) is 25.6 Å². The van der Waals surface area contributed by atoms with E-state index in [0.717, 1.165) is 38.2 Å². The van der Waals surface area contributed by atoms with Gasteiger partial charge in [-0.25, -0.2) is 19.7 Å². The van der Waals surface area contributed by atoms with Gasteiger partial charge < -0.3 is 14.2 Å². The predicted octanol–water partition coefficient (Wildman–Crippen LogP) is 3.71. The highest BCUT2D eigenvalue weighted by Gasteiger charge is 2.30. The third-order valence-electron chi connectivity index (χ3n) is 4.76. The van der Waals surface area contributed by atoms with Crippen molar-refractivity contribution in [2.24, 2.45) is 0 Å². The fourth-order valence-electron chi connectivity index (χ4n) is 3.30. The lowest BCUT2D eigenvalue weighted by molar-refractivity contribution is 0.00776. The second-order valence-corrected chi connectivity index (χ2v) is 6.92. The molecule has 0 bridgehead atoms. The van der Waals surface area contributed by atoms with Crippen molar-refractivity contribution in [2.45, 2.75) is 25.7 Å². The van der Waals surface area contributed by atoms with E-state index in [1.807, 2.05) is 4.90 Å². The number of ether oxygens (including phenoxy) is 1. The number of nitrogens with zero attached hydrogens (tertiary/aromatic N) is 5. The van der Waals surface area contributed by atoms with Gasteiger partial charge in [-0.15, -0.1) is 0 Å². The number of carbonyl (C=O) groups excluding carboxylic acids is 1. The molecule has 0 unspecified atom stereocenters. The van der Waals surface area contributed by atoms with Crippen molar-refractivity contribution in [1.82, 2.24) is 19.5 Å². The van der Waals surface area contributed by atoms with Crippen LogP contribution in [0.25, 0.3) is 16.7 Å². The SMILES string of the molecule is COC(=O)Nc1cc2c(ccn2-c2cc(N3CCCC3)nc(C(C)(F)F)n2)cn1. The summed E-state index contributed by atoms with van der Waals surface area (Å²) >= 11 is 0. The van der Waals surface area contributed by atoms with Crippen LogP contribution in [-0.4, -0.2) is 45.8 Å². The van der Waals surface area contributed by atoms with E-state index in [4.69, 9.17) is 0 Å². The van der Waals surface area contributed by atoms with E-state index in [9.17, 15) is 13.6 Å². The minimum atomic E-state index is -3.17. The van der Waals surface area contributed by atoms with Gasteiger partial charge >= 0.3 is 12.0 Å². The average molecular weight is 402 g/mol. The van der Waals surface area contributed by atoms with Crippen LogP contribution in [0.5, 0.6) is 0 Å². The molecule has 0 radical (unpaired) electrons. The van der Waals surface area contributed by atoms with Crippen molar-refractivity contribution in [3.63, 3.8) is 0 Å². The molecule has 1 amide bonds. The number of hydrogen-bond acceptors (Lipinski definition) is 6. The summed E-state index contributed by atoms with van der Waals surface area (Å²) in [6.45, 7) is 2.33. The molecule has 4 rings (SSSR count). The number of nitrogens with one attached hydrogen (secondary N) is 1. The molecule has 152 valence electrons. The number of amides is 1. The molecule has 0 aromatic carbocycles. The van der Waals surface area contributed by atoms with Crippen LogP contribution in [0.4, 0.5) is 25.2 Å². The maximum Gasteiger partial charge on any atom is 0.412 e. The average Bonchev–Trinajstić information content (AvgIpc) is 3.36. The third-order valence-corrected chi connectivity index (χ3v) is 4.76. The monoisotopic (exact) mass is 402 g/mol. The van der Waals surface area contributed by atoms with Gasteiger partial charge in [0.2, 0.25) is 5.82 Å². The van der Waals surface area contributed by atoms with Gasteiger partial charge in [0.15, 0.2) is 0 Å². The highest BCUT2D eigenvalue weighted by Crippen LogP contribution is 2.30. The molecule has 1 N–H and O–H groups in total. The van der Waals surface area contributed by atoms with E-state index in [-0.39, 0.29) is 5.82 Å². The van der Waals surface area contributed by atoms with E-state index >= 15 is 0 Å². The Hall–Kier alpha value is -3.30. The smallest absolute Gasteiger partial charge is 0.412 e. The Labute approximate surface area is 165 Å². The molecule has 3 aromatic heterocycles. The minimum Gasteiger partial charge on any atom is -0.453 e. The Balaban J connectivity index is 1.82. The first-order valence-corrected chi connectivity index (χ1v) is 9.20. The summed E-state index contributed by atoms with van der Waals surface area (Å²) in [5.74, 6) is -2.62. The van der Waals surface area contributed by atoms with Crippen LogP contribution in [0.3, 0.4) is 0 Å². The van der Waals surface area contributed by atoms with Gasteiger partial charge in [-0.2, -0.15) is 8.78 Å². The Kier molecular flexibility index (Phi) is 4.77. The summed E-state index contributed by atoms with van der Waals surface area (Å²) < 4.78 is 34.4. The van der Waals surface area contributed by atoms with Gasteiger partial charge in [0.25, 0.3) is 0 Å². The number of pyridine rings is 1. The highest BCUT2D eigenvalue weighted by atomic mass is 19.3. The molecule has 10 heteroatoms. The van der Waals surface area contributed by atoms with E-state index in [1.54, 1.807) is 35.2 Å². The van der Waals surface area contributed by atoms with Gasteiger partial charge in [-0.3, -0.25) is 5.32 Å². The van der Waals surface area contributed by atoms with Crippen molar-refractivity contribution < 1.29 is 18.3 Å². The van der Waals surface area contributed by atoms with Crippen molar-refractivity contribution in [3.8, 4) is 5.82 Å². The van der Waals surface area contributed by atoms with Crippen LogP contribution < -0.4 is 10.2 Å². The number of carbonyl (C=O) groups is 1. The quantitative estimate of drug-likeness (QED) is 0.716. The molecular formula is C19H20F2N6O2. The summed E-state index contributed by atoms with van der Waals surface area (Å²) in [4.78, 5) is 25.8. The summed E-state index contributed by atoms with van der Waals surface area (Å²) in [6.07, 6.45) is 4.65. The summed E-state index contributed by atoms with van der Waals surface area (Å²) in [7, 11) is 1.25. The molecule has 0 atom stereocenters. The van der Waals surface area contributed by atoms with Crippen molar-refractivity contribution in [1.29, 1.82) is 0 Å². The zero-order valence-electron chi connectivity index (χ0n) is 16.0. The molecule has 0 aliphatic carbocycles. The first-order valence-electron chi connectivity index (χ1n) is 9.20. The van der Waals surface area contributed by atoms with Gasteiger partial charge in [-0.1, -0.05) is 0 Å². The van der Waals surface area contributed by atoms with Crippen molar-refractivity contribution in [2.75, 3.05) is 30.4 Å². The van der Waals surface area contributed by atoms with Crippen molar-refractivity contribution >= 4 is 28.6 Å². The predicted molar refractivity (Wildman–Crippen MR) is 104 cm³/mol. The lowest BCUT2D eigenvalue weighted by Crippen LogP contribution is -2.23. The second kappa shape index (κ2) is 7.26. The Morgan fingerprint density at radius 2 is 1.93 bits per heavy atom. The van der Waals surface area contributed by atoms with Gasteiger partial charge in [-0.05, 0) is 18.9 Å². The lowest BCUT2D eigenvalue weighted by atomic mass is 10.3. The number of methoxy groups -OCH3 is 1. The molecule has 0 spiro atoms. The van der Waals surface area contributed by atoms with Crippen LogP contribution in [0.15, 0.2) is 30.6 Å². The number of halogens is 2. The number of anilines is 2. The molecule has 1 fully saturated rings. The first-order chi connectivity index (χ1) is 13.8. The molecule has 4 heterocycles. The zero-order valence-corrected chi connectivity index (χ0v) is 16.0. The van der Waals surface area contributed by atoms with E-state index in [2.05, 4.69) is 25.0 Å². The fourth-order valence-corrected chi connectivity index (χ4v) is 3.30. The number of alkyl halides is 2. The van der Waals surface area contributed by atoms with E-state index in [0.29, 0.717) is 17.2 Å². The summed E-state index contributed by atoms with van der Waals surface area (Å²) in [5, 5.41) is 3.27. The largest absolute Gasteiger partial charge is 0.453 e. The number of hydrogen-bond donors (Lipinski definition) is 1. The standard InChI is InChI=1S/C19H20F2N6O2/c1-19(20,21)17-24-15(26-6-3-4-7-26)10-16(25-17)27-8-5-12-11-22-14(9-13(12)27)23-18(28)29-2/h5,8-11H,3-4,6-7H2,1-2H3,(H,22,23,28). The zero-order chi connectivity index (χ0) is 20.6. The maximum absolute atomic E-state index is 14.1. The Morgan fingerprint density at radius 1 is 1.21 bits per heavy atom. The van der Waals surface area contributed by atoms with Gasteiger partial charge in [0.05, 0.1) is 12.6 Å². The van der Waals surface area contributed by atoms with Gasteiger partial charge in [0, 0.05) is 49.9 Å². The molecule has 1 aliphatic rings. The van der Waals surface area contributed by atoms with Crippen molar-refractivity contribution in [3.05, 3.63) is 36.4 Å². The molecule has 0 saturated carbocycles. The Morgan fingerprint density at radius 3 is 2.62 bits per heavy atom. The number of rotatable bonds is 4. The normalized spacial score (nSPS) is 14.4. The lowest BCUT2D eigenvalue weighted by Gasteiger charge is -2.20. The van der Waals surface area contributed by atoms with E-state index in [1.165, 1.54) is 7.11 Å².